The first kappa shape index (κ1) is 20.8. The summed E-state index contributed by atoms with van der Waals surface area (Å²) in [5.41, 5.74) is 3.96. The minimum atomic E-state index is -0.223. The number of hydrogen-bond donors (Lipinski definition) is 1. The summed E-state index contributed by atoms with van der Waals surface area (Å²) >= 11 is 5.82. The fourth-order valence-electron chi connectivity index (χ4n) is 2.84. The Kier molecular flexibility index (Phi) is 7.25. The standard InChI is InChI=1S/C21H25ClN2O3/c1-14-11-15(2)21(16(3)12-14)23-19(25)13-24(4)20(26)9-10-27-18-7-5-17(22)6-8-18/h5-8,11-12H,9-10,13H2,1-4H3,(H,23,25). The first-order valence-electron chi connectivity index (χ1n) is 8.76. The van der Waals surface area contributed by atoms with Crippen molar-refractivity contribution >= 4 is 29.1 Å². The summed E-state index contributed by atoms with van der Waals surface area (Å²) < 4.78 is 5.52. The molecule has 1 N–H and O–H groups in total. The van der Waals surface area contributed by atoms with Crippen LogP contribution in [0.5, 0.6) is 5.75 Å². The molecule has 0 saturated carbocycles. The molecule has 0 fully saturated rings. The molecule has 0 saturated heterocycles. The van der Waals surface area contributed by atoms with Crippen molar-refractivity contribution in [3.63, 3.8) is 0 Å². The zero-order chi connectivity index (χ0) is 20.0. The van der Waals surface area contributed by atoms with E-state index in [1.165, 1.54) is 4.90 Å². The SMILES string of the molecule is Cc1cc(C)c(NC(=O)CN(C)C(=O)CCOc2ccc(Cl)cc2)c(C)c1. The van der Waals surface area contributed by atoms with Gasteiger partial charge in [0.1, 0.15) is 5.75 Å². The number of aryl methyl sites for hydroxylation is 3. The highest BCUT2D eigenvalue weighted by Gasteiger charge is 2.15. The lowest BCUT2D eigenvalue weighted by molar-refractivity contribution is -0.133. The lowest BCUT2D eigenvalue weighted by atomic mass is 10.1. The number of anilines is 1. The molecule has 0 aromatic heterocycles. The predicted molar refractivity (Wildman–Crippen MR) is 108 cm³/mol. The van der Waals surface area contributed by atoms with Crippen LogP contribution in [0.15, 0.2) is 36.4 Å². The fourth-order valence-corrected chi connectivity index (χ4v) is 2.96. The monoisotopic (exact) mass is 388 g/mol. The van der Waals surface area contributed by atoms with Gasteiger partial charge in [-0.2, -0.15) is 0 Å². The molecule has 0 aliphatic carbocycles. The van der Waals surface area contributed by atoms with E-state index in [4.69, 9.17) is 16.3 Å². The number of halogens is 1. The number of amides is 2. The molecule has 5 nitrogen and oxygen atoms in total. The second-order valence-electron chi connectivity index (χ2n) is 6.62. The number of nitrogens with one attached hydrogen (secondary N) is 1. The molecule has 0 spiro atoms. The highest BCUT2D eigenvalue weighted by molar-refractivity contribution is 6.30. The first-order valence-corrected chi connectivity index (χ1v) is 9.14. The van der Waals surface area contributed by atoms with Gasteiger partial charge in [-0.25, -0.2) is 0 Å². The number of carbonyl (C=O) groups is 2. The van der Waals surface area contributed by atoms with Crippen LogP contribution >= 0.6 is 11.6 Å². The highest BCUT2D eigenvalue weighted by atomic mass is 35.5. The molecule has 144 valence electrons. The van der Waals surface area contributed by atoms with Crippen molar-refractivity contribution in [2.75, 3.05) is 25.5 Å². The average Bonchev–Trinajstić information content (AvgIpc) is 2.59. The minimum absolute atomic E-state index is 0.00741. The molecular formula is C21H25ClN2O3. The highest BCUT2D eigenvalue weighted by Crippen LogP contribution is 2.21. The van der Waals surface area contributed by atoms with E-state index in [1.807, 2.05) is 32.9 Å². The van der Waals surface area contributed by atoms with Gasteiger partial charge in [-0.1, -0.05) is 29.3 Å². The van der Waals surface area contributed by atoms with E-state index >= 15 is 0 Å². The Hall–Kier alpha value is -2.53. The maximum atomic E-state index is 12.3. The zero-order valence-corrected chi connectivity index (χ0v) is 16.9. The Labute approximate surface area is 165 Å². The predicted octanol–water partition coefficient (Wildman–Crippen LogP) is 4.13. The number of ether oxygens (including phenoxy) is 1. The summed E-state index contributed by atoms with van der Waals surface area (Å²) in [6.45, 7) is 6.16. The second kappa shape index (κ2) is 9.42. The van der Waals surface area contributed by atoms with Crippen LogP contribution in [0.25, 0.3) is 0 Å². The summed E-state index contributed by atoms with van der Waals surface area (Å²) in [4.78, 5) is 25.9. The Balaban J connectivity index is 1.81. The normalized spacial score (nSPS) is 10.4. The lowest BCUT2D eigenvalue weighted by Gasteiger charge is -2.18. The smallest absolute Gasteiger partial charge is 0.243 e. The maximum absolute atomic E-state index is 12.3. The molecule has 0 aliphatic heterocycles. The molecule has 2 aromatic rings. The Morgan fingerprint density at radius 3 is 2.26 bits per heavy atom. The van der Waals surface area contributed by atoms with Gasteiger partial charge < -0.3 is 15.0 Å². The van der Waals surface area contributed by atoms with E-state index in [0.29, 0.717) is 10.8 Å². The molecule has 0 atom stereocenters. The third-order valence-corrected chi connectivity index (χ3v) is 4.40. The summed E-state index contributed by atoms with van der Waals surface area (Å²) in [5, 5.41) is 3.53. The molecule has 27 heavy (non-hydrogen) atoms. The molecule has 2 rings (SSSR count). The maximum Gasteiger partial charge on any atom is 0.243 e. The van der Waals surface area contributed by atoms with E-state index in [0.717, 1.165) is 22.4 Å². The van der Waals surface area contributed by atoms with Crippen molar-refractivity contribution in [2.45, 2.75) is 27.2 Å². The summed E-state index contributed by atoms with van der Waals surface area (Å²) in [6.07, 6.45) is 0.189. The number of likely N-dealkylation sites (N-methyl/N-ethyl adjacent to an activating group) is 1. The molecule has 0 bridgehead atoms. The molecule has 0 heterocycles. The molecule has 2 aromatic carbocycles. The van der Waals surface area contributed by atoms with Crippen molar-refractivity contribution in [1.82, 2.24) is 4.90 Å². The minimum Gasteiger partial charge on any atom is -0.493 e. The van der Waals surface area contributed by atoms with Crippen LogP contribution in [0.4, 0.5) is 5.69 Å². The number of benzene rings is 2. The fraction of sp³-hybridized carbons (Fsp3) is 0.333. The van der Waals surface area contributed by atoms with Gasteiger partial charge in [0, 0.05) is 17.8 Å². The summed E-state index contributed by atoms with van der Waals surface area (Å²) in [7, 11) is 1.61. The van der Waals surface area contributed by atoms with Gasteiger partial charge in [0.05, 0.1) is 19.6 Å². The number of rotatable bonds is 7. The molecule has 0 radical (unpaired) electrons. The van der Waals surface area contributed by atoms with Gasteiger partial charge >= 0.3 is 0 Å². The third kappa shape index (κ3) is 6.29. The van der Waals surface area contributed by atoms with Gasteiger partial charge in [0.2, 0.25) is 11.8 Å². The third-order valence-electron chi connectivity index (χ3n) is 4.15. The number of carbonyl (C=O) groups excluding carboxylic acids is 2. The van der Waals surface area contributed by atoms with E-state index in [9.17, 15) is 9.59 Å². The molecular weight excluding hydrogens is 364 g/mol. The van der Waals surface area contributed by atoms with Crippen LogP contribution in [-0.4, -0.2) is 36.9 Å². The first-order chi connectivity index (χ1) is 12.8. The van der Waals surface area contributed by atoms with Crippen LogP contribution in [0.2, 0.25) is 5.02 Å². The van der Waals surface area contributed by atoms with Gasteiger partial charge in [-0.3, -0.25) is 9.59 Å². The average molecular weight is 389 g/mol. The van der Waals surface area contributed by atoms with Crippen LogP contribution < -0.4 is 10.1 Å². The van der Waals surface area contributed by atoms with Gasteiger partial charge in [-0.05, 0) is 56.2 Å². The van der Waals surface area contributed by atoms with Gasteiger partial charge in [-0.15, -0.1) is 0 Å². The Morgan fingerprint density at radius 2 is 1.67 bits per heavy atom. The summed E-state index contributed by atoms with van der Waals surface area (Å²) in [6, 6.07) is 11.0. The molecule has 0 aliphatic rings. The van der Waals surface area contributed by atoms with E-state index in [-0.39, 0.29) is 31.4 Å². The van der Waals surface area contributed by atoms with Crippen molar-refractivity contribution in [3.8, 4) is 5.75 Å². The van der Waals surface area contributed by atoms with Crippen LogP contribution in [-0.2, 0) is 9.59 Å². The Morgan fingerprint density at radius 1 is 1.07 bits per heavy atom. The number of hydrogen-bond acceptors (Lipinski definition) is 3. The van der Waals surface area contributed by atoms with Crippen molar-refractivity contribution < 1.29 is 14.3 Å². The van der Waals surface area contributed by atoms with Crippen LogP contribution in [0, 0.1) is 20.8 Å². The topological polar surface area (TPSA) is 58.6 Å². The van der Waals surface area contributed by atoms with Crippen molar-refractivity contribution in [1.29, 1.82) is 0 Å². The quantitative estimate of drug-likeness (QED) is 0.775. The van der Waals surface area contributed by atoms with E-state index in [1.54, 1.807) is 31.3 Å². The largest absolute Gasteiger partial charge is 0.493 e. The van der Waals surface area contributed by atoms with Crippen molar-refractivity contribution in [3.05, 3.63) is 58.1 Å². The van der Waals surface area contributed by atoms with Gasteiger partial charge in [0.15, 0.2) is 0 Å². The lowest BCUT2D eigenvalue weighted by Crippen LogP contribution is -2.35. The van der Waals surface area contributed by atoms with Crippen LogP contribution in [0.1, 0.15) is 23.1 Å². The van der Waals surface area contributed by atoms with Crippen molar-refractivity contribution in [2.24, 2.45) is 0 Å². The van der Waals surface area contributed by atoms with Crippen LogP contribution in [0.3, 0.4) is 0 Å². The van der Waals surface area contributed by atoms with E-state index < -0.39 is 0 Å². The summed E-state index contributed by atoms with van der Waals surface area (Å²) in [5.74, 6) is 0.272. The molecule has 2 amide bonds. The molecule has 0 unspecified atom stereocenters. The second-order valence-corrected chi connectivity index (χ2v) is 7.06. The number of nitrogens with zero attached hydrogens (tertiary/aromatic N) is 1. The van der Waals surface area contributed by atoms with Gasteiger partial charge in [0.25, 0.3) is 0 Å². The van der Waals surface area contributed by atoms with E-state index in [2.05, 4.69) is 5.32 Å². The zero-order valence-electron chi connectivity index (χ0n) is 16.1. The Bertz CT molecular complexity index is 796. The molecule has 6 heteroatoms.